The lowest BCUT2D eigenvalue weighted by Crippen LogP contribution is -2.40. The molecule has 136 valence electrons. The van der Waals surface area contributed by atoms with Crippen molar-refractivity contribution in [1.82, 2.24) is 15.2 Å². The van der Waals surface area contributed by atoms with Crippen LogP contribution in [0.5, 0.6) is 0 Å². The van der Waals surface area contributed by atoms with Gasteiger partial charge in [-0.05, 0) is 49.5 Å². The summed E-state index contributed by atoms with van der Waals surface area (Å²) >= 11 is 3.13. The number of thiazole rings is 1. The van der Waals surface area contributed by atoms with Gasteiger partial charge >= 0.3 is 0 Å². The lowest BCUT2D eigenvalue weighted by Gasteiger charge is -2.33. The Morgan fingerprint density at radius 1 is 1.27 bits per heavy atom. The fourth-order valence-electron chi connectivity index (χ4n) is 3.30. The highest BCUT2D eigenvalue weighted by Crippen LogP contribution is 2.27. The van der Waals surface area contributed by atoms with Gasteiger partial charge < -0.3 is 9.73 Å². The van der Waals surface area contributed by atoms with Crippen LogP contribution >= 0.6 is 22.7 Å². The van der Waals surface area contributed by atoms with Gasteiger partial charge in [-0.3, -0.25) is 9.69 Å². The number of carbonyl (C=O) groups is 1. The normalized spacial score (nSPS) is 16.5. The number of likely N-dealkylation sites (tertiary alicyclic amines) is 1. The fourth-order valence-corrected chi connectivity index (χ4v) is 4.81. The summed E-state index contributed by atoms with van der Waals surface area (Å²) in [6.45, 7) is 2.61. The van der Waals surface area contributed by atoms with E-state index in [1.165, 1.54) is 30.6 Å². The number of hydrogen-bond acceptors (Lipinski definition) is 6. The van der Waals surface area contributed by atoms with Gasteiger partial charge in [0.1, 0.15) is 16.5 Å². The van der Waals surface area contributed by atoms with Crippen molar-refractivity contribution in [2.75, 3.05) is 19.6 Å². The lowest BCUT2D eigenvalue weighted by atomic mass is 10.1. The number of aromatic nitrogens is 1. The Morgan fingerprint density at radius 2 is 2.15 bits per heavy atom. The number of amides is 1. The zero-order chi connectivity index (χ0) is 17.8. The smallest absolute Gasteiger partial charge is 0.270 e. The van der Waals surface area contributed by atoms with Gasteiger partial charge in [0.2, 0.25) is 0 Å². The largest absolute Gasteiger partial charge is 0.468 e. The third-order valence-electron chi connectivity index (χ3n) is 4.66. The average molecular weight is 388 g/mol. The number of thiophene rings is 1. The molecule has 1 atom stereocenters. The van der Waals surface area contributed by atoms with Gasteiger partial charge in [-0.2, -0.15) is 11.3 Å². The summed E-state index contributed by atoms with van der Waals surface area (Å²) in [5.41, 5.74) is 1.55. The van der Waals surface area contributed by atoms with Crippen LogP contribution in [0.3, 0.4) is 0 Å². The first-order chi connectivity index (χ1) is 12.8. The molecule has 3 aromatic heterocycles. The van der Waals surface area contributed by atoms with E-state index in [0.717, 1.165) is 29.4 Å². The van der Waals surface area contributed by atoms with Gasteiger partial charge in [-0.1, -0.05) is 6.42 Å². The zero-order valence-electron chi connectivity index (χ0n) is 14.4. The van der Waals surface area contributed by atoms with Crippen LogP contribution in [0, 0.1) is 0 Å². The number of nitrogens with one attached hydrogen (secondary N) is 1. The van der Waals surface area contributed by atoms with Crippen LogP contribution in [0.2, 0.25) is 0 Å². The van der Waals surface area contributed by atoms with E-state index in [2.05, 4.69) is 15.2 Å². The number of carbonyl (C=O) groups excluding carboxylic acids is 1. The molecule has 0 saturated carbocycles. The van der Waals surface area contributed by atoms with E-state index >= 15 is 0 Å². The third kappa shape index (κ3) is 3.90. The molecule has 1 N–H and O–H groups in total. The molecule has 26 heavy (non-hydrogen) atoms. The van der Waals surface area contributed by atoms with Crippen molar-refractivity contribution in [2.24, 2.45) is 0 Å². The van der Waals surface area contributed by atoms with Crippen LogP contribution in [0.1, 0.15) is 41.6 Å². The van der Waals surface area contributed by atoms with Gasteiger partial charge in [-0.25, -0.2) is 4.98 Å². The Bertz CT molecular complexity index is 821. The van der Waals surface area contributed by atoms with Crippen molar-refractivity contribution in [2.45, 2.75) is 25.3 Å². The first kappa shape index (κ1) is 17.5. The molecule has 3 aromatic rings. The van der Waals surface area contributed by atoms with Gasteiger partial charge in [0, 0.05) is 22.9 Å². The van der Waals surface area contributed by atoms with E-state index in [-0.39, 0.29) is 11.9 Å². The molecule has 0 aliphatic carbocycles. The maximum absolute atomic E-state index is 12.6. The molecule has 0 aromatic carbocycles. The molecule has 7 heteroatoms. The second-order valence-corrected chi connectivity index (χ2v) is 8.03. The third-order valence-corrected chi connectivity index (χ3v) is 6.24. The quantitative estimate of drug-likeness (QED) is 0.680. The molecule has 1 fully saturated rings. The maximum atomic E-state index is 12.6. The average Bonchev–Trinajstić information content (AvgIpc) is 3.43. The van der Waals surface area contributed by atoms with Crippen molar-refractivity contribution < 1.29 is 9.21 Å². The van der Waals surface area contributed by atoms with Crippen molar-refractivity contribution in [3.8, 4) is 10.6 Å². The highest BCUT2D eigenvalue weighted by Gasteiger charge is 2.25. The number of furan rings is 1. The van der Waals surface area contributed by atoms with E-state index in [1.54, 1.807) is 17.6 Å². The second-order valence-electron chi connectivity index (χ2n) is 6.39. The van der Waals surface area contributed by atoms with Crippen molar-refractivity contribution in [1.29, 1.82) is 0 Å². The van der Waals surface area contributed by atoms with Gasteiger partial charge in [-0.15, -0.1) is 11.3 Å². The SMILES string of the molecule is O=C(NCC(c1ccco1)N1CCCCC1)c1csc(-c2ccsc2)n1. The number of nitrogens with zero attached hydrogens (tertiary/aromatic N) is 2. The minimum Gasteiger partial charge on any atom is -0.468 e. The second kappa shape index (κ2) is 8.16. The highest BCUT2D eigenvalue weighted by atomic mass is 32.1. The summed E-state index contributed by atoms with van der Waals surface area (Å²) in [6, 6.07) is 5.99. The molecule has 0 spiro atoms. The predicted molar refractivity (Wildman–Crippen MR) is 105 cm³/mol. The first-order valence-electron chi connectivity index (χ1n) is 8.85. The lowest BCUT2D eigenvalue weighted by molar-refractivity contribution is 0.0910. The Balaban J connectivity index is 1.43. The predicted octanol–water partition coefficient (Wildman–Crippen LogP) is 4.42. The summed E-state index contributed by atoms with van der Waals surface area (Å²) in [6.07, 6.45) is 5.36. The molecule has 1 saturated heterocycles. The summed E-state index contributed by atoms with van der Waals surface area (Å²) in [5, 5.41) is 9.82. The monoisotopic (exact) mass is 387 g/mol. The van der Waals surface area contributed by atoms with Crippen molar-refractivity contribution >= 4 is 28.6 Å². The van der Waals surface area contributed by atoms with E-state index in [1.807, 2.05) is 34.3 Å². The van der Waals surface area contributed by atoms with Crippen molar-refractivity contribution in [3.05, 3.63) is 52.1 Å². The number of rotatable bonds is 6. The molecule has 4 rings (SSSR count). The summed E-state index contributed by atoms with van der Waals surface area (Å²) in [4.78, 5) is 19.5. The minimum atomic E-state index is -0.128. The molecule has 1 aliphatic rings. The Morgan fingerprint density at radius 3 is 2.88 bits per heavy atom. The summed E-state index contributed by atoms with van der Waals surface area (Å²) < 4.78 is 5.63. The molecule has 5 nitrogen and oxygen atoms in total. The van der Waals surface area contributed by atoms with Gasteiger partial charge in [0.15, 0.2) is 0 Å². The maximum Gasteiger partial charge on any atom is 0.270 e. The van der Waals surface area contributed by atoms with E-state index in [9.17, 15) is 4.79 Å². The zero-order valence-corrected chi connectivity index (χ0v) is 16.0. The molecule has 0 radical (unpaired) electrons. The molecule has 0 bridgehead atoms. The molecule has 4 heterocycles. The standard InChI is InChI=1S/C19H21N3O2S2/c23-18(15-13-26-19(21-15)14-6-10-25-12-14)20-11-16(17-5-4-9-24-17)22-7-2-1-3-8-22/h4-6,9-10,12-13,16H,1-3,7-8,11H2,(H,20,23). The molecular weight excluding hydrogens is 366 g/mol. The summed E-state index contributed by atoms with van der Waals surface area (Å²) in [5.74, 6) is 0.778. The van der Waals surface area contributed by atoms with Gasteiger partial charge in [0.25, 0.3) is 5.91 Å². The molecular formula is C19H21N3O2S2. The van der Waals surface area contributed by atoms with Crippen LogP contribution in [-0.2, 0) is 0 Å². The van der Waals surface area contributed by atoms with E-state index in [4.69, 9.17) is 4.42 Å². The van der Waals surface area contributed by atoms with E-state index in [0.29, 0.717) is 12.2 Å². The van der Waals surface area contributed by atoms with Crippen molar-refractivity contribution in [3.63, 3.8) is 0 Å². The Labute approximate surface area is 160 Å². The summed E-state index contributed by atoms with van der Waals surface area (Å²) in [7, 11) is 0. The van der Waals surface area contributed by atoms with Crippen LogP contribution in [0.4, 0.5) is 0 Å². The molecule has 1 unspecified atom stereocenters. The topological polar surface area (TPSA) is 58.4 Å². The van der Waals surface area contributed by atoms with Gasteiger partial charge in [0.05, 0.1) is 12.3 Å². The number of hydrogen-bond donors (Lipinski definition) is 1. The van der Waals surface area contributed by atoms with Crippen LogP contribution in [0.15, 0.2) is 45.0 Å². The fraction of sp³-hybridized carbons (Fsp3) is 0.368. The highest BCUT2D eigenvalue weighted by molar-refractivity contribution is 7.14. The Kier molecular flexibility index (Phi) is 5.48. The first-order valence-corrected chi connectivity index (χ1v) is 10.7. The van der Waals surface area contributed by atoms with Crippen LogP contribution in [0.25, 0.3) is 10.6 Å². The van der Waals surface area contributed by atoms with E-state index < -0.39 is 0 Å². The number of piperidine rings is 1. The van der Waals surface area contributed by atoms with Crippen LogP contribution in [-0.4, -0.2) is 35.4 Å². The molecule has 1 aliphatic heterocycles. The molecule has 1 amide bonds. The minimum absolute atomic E-state index is 0.0734. The Hall–Kier alpha value is -1.96. The van der Waals surface area contributed by atoms with Crippen LogP contribution < -0.4 is 5.32 Å².